The van der Waals surface area contributed by atoms with Crippen LogP contribution in [0.1, 0.15) is 12.8 Å². The molecule has 3 nitrogen and oxygen atoms in total. The highest BCUT2D eigenvalue weighted by Crippen LogP contribution is 2.31. The van der Waals surface area contributed by atoms with Crippen molar-refractivity contribution < 1.29 is 18.3 Å². The quantitative estimate of drug-likeness (QED) is 0.843. The lowest BCUT2D eigenvalue weighted by atomic mass is 10.1. The second kappa shape index (κ2) is 5.45. The van der Waals surface area contributed by atoms with Crippen molar-refractivity contribution in [2.45, 2.75) is 18.9 Å². The van der Waals surface area contributed by atoms with Crippen LogP contribution >= 0.6 is 0 Å². The number of halogens is 1. The molecule has 1 aromatic heterocycles. The van der Waals surface area contributed by atoms with Crippen LogP contribution in [-0.2, 0) is 4.74 Å². The first-order chi connectivity index (χ1) is 9.33. The van der Waals surface area contributed by atoms with Crippen molar-refractivity contribution in [2.75, 3.05) is 13.2 Å². The molecule has 1 aliphatic heterocycles. The Labute approximate surface area is 110 Å². The lowest BCUT2D eigenvalue weighted by Gasteiger charge is -2.13. The van der Waals surface area contributed by atoms with Gasteiger partial charge in [0, 0.05) is 6.61 Å². The largest absolute Gasteiger partial charge is 0.490 e. The van der Waals surface area contributed by atoms with Crippen LogP contribution in [0.15, 0.2) is 41.0 Å². The Morgan fingerprint density at radius 1 is 1.32 bits per heavy atom. The zero-order chi connectivity index (χ0) is 13.1. The van der Waals surface area contributed by atoms with Crippen LogP contribution in [0.5, 0.6) is 5.75 Å². The molecule has 0 radical (unpaired) electrons. The predicted molar refractivity (Wildman–Crippen MR) is 68.6 cm³/mol. The first kappa shape index (κ1) is 12.2. The molecular weight excluding hydrogens is 247 g/mol. The lowest BCUT2D eigenvalue weighted by Crippen LogP contribution is -2.16. The molecule has 1 unspecified atom stereocenters. The van der Waals surface area contributed by atoms with E-state index in [1.54, 1.807) is 24.5 Å². The molecule has 2 heterocycles. The van der Waals surface area contributed by atoms with Crippen LogP contribution in [0, 0.1) is 5.82 Å². The maximum atomic E-state index is 13.4. The molecule has 3 rings (SSSR count). The number of benzene rings is 1. The number of ether oxygens (including phenoxy) is 2. The maximum absolute atomic E-state index is 13.4. The van der Waals surface area contributed by atoms with Gasteiger partial charge in [-0.05, 0) is 43.2 Å². The van der Waals surface area contributed by atoms with Gasteiger partial charge in [-0.3, -0.25) is 0 Å². The molecule has 1 fully saturated rings. The molecule has 1 aromatic carbocycles. The second-order valence-electron chi connectivity index (χ2n) is 4.56. The fourth-order valence-corrected chi connectivity index (χ4v) is 2.21. The molecule has 0 amide bonds. The van der Waals surface area contributed by atoms with Crippen LogP contribution in [-0.4, -0.2) is 19.3 Å². The van der Waals surface area contributed by atoms with E-state index < -0.39 is 0 Å². The third-order valence-corrected chi connectivity index (χ3v) is 3.18. The van der Waals surface area contributed by atoms with Gasteiger partial charge in [0.1, 0.15) is 23.9 Å². The Balaban J connectivity index is 1.80. The summed E-state index contributed by atoms with van der Waals surface area (Å²) in [7, 11) is 0. The summed E-state index contributed by atoms with van der Waals surface area (Å²) in [6, 6.07) is 7.99. The Morgan fingerprint density at radius 3 is 3.00 bits per heavy atom. The van der Waals surface area contributed by atoms with Gasteiger partial charge in [0.05, 0.1) is 17.9 Å². The summed E-state index contributed by atoms with van der Waals surface area (Å²) in [5.41, 5.74) is 0.628. The van der Waals surface area contributed by atoms with Gasteiger partial charge in [0.15, 0.2) is 0 Å². The fourth-order valence-electron chi connectivity index (χ4n) is 2.21. The third kappa shape index (κ3) is 2.79. The highest BCUT2D eigenvalue weighted by molar-refractivity contribution is 5.65. The van der Waals surface area contributed by atoms with E-state index in [-0.39, 0.29) is 11.9 Å². The van der Waals surface area contributed by atoms with E-state index in [2.05, 4.69) is 0 Å². The monoisotopic (exact) mass is 262 g/mol. The van der Waals surface area contributed by atoms with Crippen LogP contribution < -0.4 is 4.74 Å². The molecule has 0 saturated carbocycles. The zero-order valence-electron chi connectivity index (χ0n) is 10.5. The Hall–Kier alpha value is -1.81. The van der Waals surface area contributed by atoms with E-state index in [0.29, 0.717) is 23.7 Å². The van der Waals surface area contributed by atoms with Gasteiger partial charge in [-0.25, -0.2) is 4.39 Å². The van der Waals surface area contributed by atoms with Gasteiger partial charge in [-0.15, -0.1) is 0 Å². The molecule has 19 heavy (non-hydrogen) atoms. The van der Waals surface area contributed by atoms with Gasteiger partial charge >= 0.3 is 0 Å². The van der Waals surface area contributed by atoms with Crippen molar-refractivity contribution in [3.05, 3.63) is 42.4 Å². The zero-order valence-corrected chi connectivity index (χ0v) is 10.5. The first-order valence-corrected chi connectivity index (χ1v) is 6.41. The number of hydrogen-bond acceptors (Lipinski definition) is 3. The summed E-state index contributed by atoms with van der Waals surface area (Å²) in [5, 5.41) is 0. The Kier molecular flexibility index (Phi) is 3.51. The van der Waals surface area contributed by atoms with Gasteiger partial charge in [0.2, 0.25) is 0 Å². The van der Waals surface area contributed by atoms with Crippen LogP contribution in [0.2, 0.25) is 0 Å². The SMILES string of the molecule is Fc1ccc(OCC2CCCO2)c(-c2ccco2)c1. The molecule has 0 aliphatic carbocycles. The van der Waals surface area contributed by atoms with E-state index in [0.717, 1.165) is 19.4 Å². The molecule has 1 saturated heterocycles. The van der Waals surface area contributed by atoms with Crippen molar-refractivity contribution in [2.24, 2.45) is 0 Å². The van der Waals surface area contributed by atoms with Gasteiger partial charge < -0.3 is 13.9 Å². The van der Waals surface area contributed by atoms with Gasteiger partial charge in [-0.1, -0.05) is 0 Å². The standard InChI is InChI=1S/C15H15FO3/c16-11-5-6-15(19-10-12-3-1-7-17-12)13(9-11)14-4-2-8-18-14/h2,4-6,8-9,12H,1,3,7,10H2. The lowest BCUT2D eigenvalue weighted by molar-refractivity contribution is 0.0681. The van der Waals surface area contributed by atoms with Crippen molar-refractivity contribution in [1.82, 2.24) is 0 Å². The smallest absolute Gasteiger partial charge is 0.137 e. The molecule has 0 bridgehead atoms. The molecule has 0 spiro atoms. The average Bonchev–Trinajstić information content (AvgIpc) is 3.10. The van der Waals surface area contributed by atoms with E-state index in [1.165, 1.54) is 12.1 Å². The van der Waals surface area contributed by atoms with Crippen LogP contribution in [0.3, 0.4) is 0 Å². The van der Waals surface area contributed by atoms with Crippen molar-refractivity contribution in [3.63, 3.8) is 0 Å². The van der Waals surface area contributed by atoms with E-state index in [4.69, 9.17) is 13.9 Å². The van der Waals surface area contributed by atoms with Gasteiger partial charge in [-0.2, -0.15) is 0 Å². The topological polar surface area (TPSA) is 31.6 Å². The highest BCUT2D eigenvalue weighted by Gasteiger charge is 2.17. The minimum Gasteiger partial charge on any atom is -0.490 e. The number of rotatable bonds is 4. The van der Waals surface area contributed by atoms with Crippen LogP contribution in [0.25, 0.3) is 11.3 Å². The molecule has 4 heteroatoms. The summed E-state index contributed by atoms with van der Waals surface area (Å²) in [5.74, 6) is 0.907. The highest BCUT2D eigenvalue weighted by atomic mass is 19.1. The summed E-state index contributed by atoms with van der Waals surface area (Å²) in [4.78, 5) is 0. The van der Waals surface area contributed by atoms with E-state index in [9.17, 15) is 4.39 Å². The molecule has 100 valence electrons. The normalized spacial score (nSPS) is 18.7. The Bertz CT molecular complexity index is 530. The molecule has 0 N–H and O–H groups in total. The minimum absolute atomic E-state index is 0.134. The number of hydrogen-bond donors (Lipinski definition) is 0. The molecular formula is C15H15FO3. The average molecular weight is 262 g/mol. The van der Waals surface area contributed by atoms with E-state index in [1.807, 2.05) is 0 Å². The fraction of sp³-hybridized carbons (Fsp3) is 0.333. The Morgan fingerprint density at radius 2 is 2.26 bits per heavy atom. The maximum Gasteiger partial charge on any atom is 0.137 e. The summed E-state index contributed by atoms with van der Waals surface area (Å²) < 4.78 is 29.9. The molecule has 1 atom stereocenters. The first-order valence-electron chi connectivity index (χ1n) is 6.41. The predicted octanol–water partition coefficient (Wildman–Crippen LogP) is 3.64. The second-order valence-corrected chi connectivity index (χ2v) is 4.56. The van der Waals surface area contributed by atoms with Crippen molar-refractivity contribution >= 4 is 0 Å². The molecule has 1 aliphatic rings. The van der Waals surface area contributed by atoms with Crippen molar-refractivity contribution in [1.29, 1.82) is 0 Å². The van der Waals surface area contributed by atoms with Crippen LogP contribution in [0.4, 0.5) is 4.39 Å². The van der Waals surface area contributed by atoms with Crippen molar-refractivity contribution in [3.8, 4) is 17.1 Å². The summed E-state index contributed by atoms with van der Waals surface area (Å²) in [6.45, 7) is 1.28. The number of furan rings is 1. The van der Waals surface area contributed by atoms with Gasteiger partial charge in [0.25, 0.3) is 0 Å². The summed E-state index contributed by atoms with van der Waals surface area (Å²) in [6.07, 6.45) is 3.78. The summed E-state index contributed by atoms with van der Waals surface area (Å²) >= 11 is 0. The third-order valence-electron chi connectivity index (χ3n) is 3.18. The molecule has 2 aromatic rings. The van der Waals surface area contributed by atoms with E-state index >= 15 is 0 Å². The minimum atomic E-state index is -0.309.